The van der Waals surface area contributed by atoms with E-state index in [0.29, 0.717) is 5.75 Å². The number of carbonyl (C=O) groups is 2. The van der Waals surface area contributed by atoms with Crippen molar-refractivity contribution in [3.63, 3.8) is 0 Å². The summed E-state index contributed by atoms with van der Waals surface area (Å²) in [7, 11) is 0. The third-order valence-electron chi connectivity index (χ3n) is 4.28. The molecule has 0 saturated heterocycles. The molecule has 0 aliphatic heterocycles. The van der Waals surface area contributed by atoms with Crippen molar-refractivity contribution in [2.45, 2.75) is 57.6 Å². The molecule has 142 valence electrons. The van der Waals surface area contributed by atoms with Gasteiger partial charge in [0.05, 0.1) is 4.92 Å². The molecular formula is C18H24N2O6. The fraction of sp³-hybridized carbons (Fsp3) is 0.556. The molecule has 1 fully saturated rings. The smallest absolute Gasteiger partial charge is 0.344 e. The Bertz CT molecular complexity index is 623. The Morgan fingerprint density at radius 1 is 1.19 bits per heavy atom. The van der Waals surface area contributed by atoms with Crippen LogP contribution in [0.5, 0.6) is 5.75 Å². The second-order valence-corrected chi connectivity index (χ2v) is 6.37. The van der Waals surface area contributed by atoms with Crippen LogP contribution in [-0.2, 0) is 14.3 Å². The first-order chi connectivity index (χ1) is 12.5. The highest BCUT2D eigenvalue weighted by Gasteiger charge is 2.22. The van der Waals surface area contributed by atoms with Gasteiger partial charge in [-0.1, -0.05) is 25.7 Å². The number of hydrogen-bond acceptors (Lipinski definition) is 6. The molecular weight excluding hydrogens is 340 g/mol. The number of ether oxygens (including phenoxy) is 2. The summed E-state index contributed by atoms with van der Waals surface area (Å²) in [4.78, 5) is 34.0. The number of nitro benzene ring substituents is 1. The van der Waals surface area contributed by atoms with Gasteiger partial charge in [0.2, 0.25) is 0 Å². The van der Waals surface area contributed by atoms with Crippen molar-refractivity contribution in [1.29, 1.82) is 0 Å². The van der Waals surface area contributed by atoms with Crippen LogP contribution in [0.1, 0.15) is 45.4 Å². The highest BCUT2D eigenvalue weighted by Crippen LogP contribution is 2.18. The quantitative estimate of drug-likeness (QED) is 0.345. The maximum absolute atomic E-state index is 12.1. The first kappa shape index (κ1) is 19.7. The molecule has 8 nitrogen and oxygen atoms in total. The van der Waals surface area contributed by atoms with E-state index in [4.69, 9.17) is 9.47 Å². The Morgan fingerprint density at radius 2 is 1.81 bits per heavy atom. The van der Waals surface area contributed by atoms with E-state index in [-0.39, 0.29) is 24.2 Å². The topological polar surface area (TPSA) is 108 Å². The maximum atomic E-state index is 12.1. The highest BCUT2D eigenvalue weighted by atomic mass is 16.6. The molecule has 0 radical (unpaired) electrons. The van der Waals surface area contributed by atoms with E-state index in [0.717, 1.165) is 25.7 Å². The summed E-state index contributed by atoms with van der Waals surface area (Å²) in [5, 5.41) is 13.5. The van der Waals surface area contributed by atoms with Crippen molar-refractivity contribution < 1.29 is 24.0 Å². The van der Waals surface area contributed by atoms with Gasteiger partial charge in [-0.25, -0.2) is 4.79 Å². The van der Waals surface area contributed by atoms with E-state index >= 15 is 0 Å². The van der Waals surface area contributed by atoms with E-state index in [1.54, 1.807) is 0 Å². The van der Waals surface area contributed by atoms with Gasteiger partial charge in [0, 0.05) is 18.2 Å². The normalized spacial score (nSPS) is 16.2. The SMILES string of the molecule is C[C@@H](OC(=O)COc1ccc([N+](=O)[O-])cc1)C(=O)NC1CCCCCC1. The standard InChI is InChI=1S/C18H24N2O6/c1-13(18(22)19-14-6-4-2-3-5-7-14)26-17(21)12-25-16-10-8-15(9-11-16)20(23)24/h8-11,13-14H,2-7,12H2,1H3,(H,19,22)/t13-/m1/s1. The Hall–Kier alpha value is -2.64. The van der Waals surface area contributed by atoms with E-state index in [2.05, 4.69) is 5.32 Å². The second-order valence-electron chi connectivity index (χ2n) is 6.37. The van der Waals surface area contributed by atoms with Gasteiger partial charge in [-0.3, -0.25) is 14.9 Å². The molecule has 26 heavy (non-hydrogen) atoms. The zero-order chi connectivity index (χ0) is 18.9. The number of esters is 1. The summed E-state index contributed by atoms with van der Waals surface area (Å²) in [6.45, 7) is 1.15. The van der Waals surface area contributed by atoms with Crippen molar-refractivity contribution >= 4 is 17.6 Å². The average molecular weight is 364 g/mol. The lowest BCUT2D eigenvalue weighted by molar-refractivity contribution is -0.384. The first-order valence-corrected chi connectivity index (χ1v) is 8.83. The molecule has 0 spiro atoms. The molecule has 1 saturated carbocycles. The van der Waals surface area contributed by atoms with Crippen LogP contribution in [0.25, 0.3) is 0 Å². The molecule has 1 aliphatic carbocycles. The van der Waals surface area contributed by atoms with Gasteiger partial charge in [0.15, 0.2) is 12.7 Å². The number of nitrogens with one attached hydrogen (secondary N) is 1. The highest BCUT2D eigenvalue weighted by molar-refractivity contribution is 5.83. The Morgan fingerprint density at radius 3 is 2.38 bits per heavy atom. The van der Waals surface area contributed by atoms with Gasteiger partial charge >= 0.3 is 5.97 Å². The minimum absolute atomic E-state index is 0.0660. The Balaban J connectivity index is 1.73. The number of benzene rings is 1. The van der Waals surface area contributed by atoms with Crippen LogP contribution in [0.3, 0.4) is 0 Å². The largest absolute Gasteiger partial charge is 0.482 e. The van der Waals surface area contributed by atoms with Crippen molar-refractivity contribution in [1.82, 2.24) is 5.32 Å². The zero-order valence-electron chi connectivity index (χ0n) is 14.8. The van der Waals surface area contributed by atoms with Crippen LogP contribution in [0.15, 0.2) is 24.3 Å². The van der Waals surface area contributed by atoms with E-state index in [1.807, 2.05) is 0 Å². The van der Waals surface area contributed by atoms with Gasteiger partial charge in [0.1, 0.15) is 5.75 Å². The van der Waals surface area contributed by atoms with Crippen LogP contribution < -0.4 is 10.1 Å². The Labute approximate surface area is 152 Å². The third kappa shape index (κ3) is 6.34. The number of amides is 1. The number of nitrogens with zero attached hydrogens (tertiary/aromatic N) is 1. The molecule has 8 heteroatoms. The van der Waals surface area contributed by atoms with E-state index in [1.165, 1.54) is 44.0 Å². The maximum Gasteiger partial charge on any atom is 0.344 e. The fourth-order valence-corrected chi connectivity index (χ4v) is 2.83. The summed E-state index contributed by atoms with van der Waals surface area (Å²) in [6, 6.07) is 5.50. The van der Waals surface area contributed by atoms with Crippen LogP contribution >= 0.6 is 0 Å². The van der Waals surface area contributed by atoms with Gasteiger partial charge in [0.25, 0.3) is 11.6 Å². The van der Waals surface area contributed by atoms with E-state index < -0.39 is 17.0 Å². The van der Waals surface area contributed by atoms with Crippen LogP contribution in [0.2, 0.25) is 0 Å². The van der Waals surface area contributed by atoms with Crippen molar-refractivity contribution in [3.05, 3.63) is 34.4 Å². The fourth-order valence-electron chi connectivity index (χ4n) is 2.83. The monoisotopic (exact) mass is 364 g/mol. The lowest BCUT2D eigenvalue weighted by atomic mass is 10.1. The molecule has 0 heterocycles. The summed E-state index contributed by atoms with van der Waals surface area (Å²) in [5.74, 6) is -0.671. The average Bonchev–Trinajstić information content (AvgIpc) is 2.89. The molecule has 0 unspecified atom stereocenters. The number of nitro groups is 1. The minimum Gasteiger partial charge on any atom is -0.482 e. The molecule has 1 aromatic rings. The van der Waals surface area contributed by atoms with E-state index in [9.17, 15) is 19.7 Å². The molecule has 1 atom stereocenters. The molecule has 2 rings (SSSR count). The molecule has 1 amide bonds. The van der Waals surface area contributed by atoms with Crippen molar-refractivity contribution in [3.8, 4) is 5.75 Å². The first-order valence-electron chi connectivity index (χ1n) is 8.83. The van der Waals surface area contributed by atoms with Crippen molar-refractivity contribution in [2.75, 3.05) is 6.61 Å². The lowest BCUT2D eigenvalue weighted by Crippen LogP contribution is -2.42. The summed E-state index contributed by atoms with van der Waals surface area (Å²) >= 11 is 0. The molecule has 1 N–H and O–H groups in total. The van der Waals surface area contributed by atoms with Gasteiger partial charge in [-0.05, 0) is 31.9 Å². The number of carbonyl (C=O) groups excluding carboxylic acids is 2. The summed E-state index contributed by atoms with van der Waals surface area (Å²) in [5.41, 5.74) is -0.0660. The molecule has 0 bridgehead atoms. The molecule has 1 aromatic carbocycles. The zero-order valence-corrected chi connectivity index (χ0v) is 14.8. The van der Waals surface area contributed by atoms with Crippen molar-refractivity contribution in [2.24, 2.45) is 0 Å². The predicted molar refractivity (Wildman–Crippen MR) is 93.8 cm³/mol. The minimum atomic E-state index is -0.897. The van der Waals surface area contributed by atoms with Gasteiger partial charge in [-0.15, -0.1) is 0 Å². The second kappa shape index (κ2) is 9.74. The van der Waals surface area contributed by atoms with Crippen LogP contribution in [0, 0.1) is 10.1 Å². The third-order valence-corrected chi connectivity index (χ3v) is 4.28. The Kier molecular flexibility index (Phi) is 7.37. The summed E-state index contributed by atoms with van der Waals surface area (Å²) < 4.78 is 10.3. The van der Waals surface area contributed by atoms with Gasteiger partial charge < -0.3 is 14.8 Å². The van der Waals surface area contributed by atoms with Crippen LogP contribution in [-0.4, -0.2) is 35.6 Å². The number of non-ortho nitro benzene ring substituents is 1. The predicted octanol–water partition coefficient (Wildman–Crippen LogP) is 2.74. The van der Waals surface area contributed by atoms with Crippen LogP contribution in [0.4, 0.5) is 5.69 Å². The van der Waals surface area contributed by atoms with Gasteiger partial charge in [-0.2, -0.15) is 0 Å². The number of rotatable bonds is 7. The molecule has 1 aliphatic rings. The summed E-state index contributed by atoms with van der Waals surface area (Å²) in [6.07, 6.45) is 5.59. The molecule has 0 aromatic heterocycles. The lowest BCUT2D eigenvalue weighted by Gasteiger charge is -2.19. The number of hydrogen-bond donors (Lipinski definition) is 1.